The Morgan fingerprint density at radius 1 is 1.40 bits per heavy atom. The minimum atomic E-state index is 0.408. The van der Waals surface area contributed by atoms with Crippen molar-refractivity contribution in [3.05, 3.63) is 47.5 Å². The molecule has 0 aliphatic heterocycles. The van der Waals surface area contributed by atoms with E-state index in [1.807, 2.05) is 18.2 Å². The monoisotopic (exact) mass is 223 g/mol. The van der Waals surface area contributed by atoms with E-state index in [1.165, 1.54) is 5.56 Å². The van der Waals surface area contributed by atoms with E-state index >= 15 is 0 Å². The molecule has 0 amide bonds. The van der Waals surface area contributed by atoms with E-state index in [9.17, 15) is 0 Å². The van der Waals surface area contributed by atoms with Crippen LogP contribution in [0.2, 0.25) is 5.02 Å². The van der Waals surface area contributed by atoms with Gasteiger partial charge < -0.3 is 5.32 Å². The maximum absolute atomic E-state index is 5.86. The molecule has 0 aromatic heterocycles. The molecular formula is C13H18ClN. The van der Waals surface area contributed by atoms with Crippen LogP contribution in [-0.4, -0.2) is 6.54 Å². The van der Waals surface area contributed by atoms with E-state index in [1.54, 1.807) is 0 Å². The van der Waals surface area contributed by atoms with Gasteiger partial charge in [-0.3, -0.25) is 0 Å². The van der Waals surface area contributed by atoms with Gasteiger partial charge in [0.25, 0.3) is 0 Å². The first-order valence-electron chi connectivity index (χ1n) is 5.37. The molecule has 15 heavy (non-hydrogen) atoms. The molecule has 1 rings (SSSR count). The van der Waals surface area contributed by atoms with Gasteiger partial charge in [0.15, 0.2) is 0 Å². The molecule has 1 atom stereocenters. The van der Waals surface area contributed by atoms with Crippen molar-refractivity contribution >= 4 is 11.6 Å². The van der Waals surface area contributed by atoms with Gasteiger partial charge in [-0.1, -0.05) is 43.2 Å². The Morgan fingerprint density at radius 3 is 2.60 bits per heavy atom. The predicted octanol–water partition coefficient (Wildman–Crippen LogP) is 3.96. The van der Waals surface area contributed by atoms with Crippen LogP contribution < -0.4 is 5.32 Å². The van der Waals surface area contributed by atoms with E-state index in [-0.39, 0.29) is 0 Å². The van der Waals surface area contributed by atoms with Crippen LogP contribution in [0, 0.1) is 0 Å². The van der Waals surface area contributed by atoms with Crippen LogP contribution in [0.3, 0.4) is 0 Å². The van der Waals surface area contributed by atoms with E-state index in [0.717, 1.165) is 24.4 Å². The molecule has 0 heterocycles. The standard InChI is InChI=1S/C13H18ClN/c1-3-5-13(15-10-4-2)11-6-8-12(14)9-7-11/h4,6-9,13,15H,2-3,5,10H2,1H3. The van der Waals surface area contributed by atoms with Crippen LogP contribution in [0.5, 0.6) is 0 Å². The molecular weight excluding hydrogens is 206 g/mol. The molecule has 0 saturated heterocycles. The molecule has 2 heteroatoms. The maximum Gasteiger partial charge on any atom is 0.0406 e. The molecule has 0 fully saturated rings. The zero-order chi connectivity index (χ0) is 11.1. The molecule has 0 aliphatic rings. The molecule has 0 aliphatic carbocycles. The van der Waals surface area contributed by atoms with E-state index < -0.39 is 0 Å². The highest BCUT2D eigenvalue weighted by Crippen LogP contribution is 2.20. The number of nitrogens with one attached hydrogen (secondary N) is 1. The first kappa shape index (κ1) is 12.3. The summed E-state index contributed by atoms with van der Waals surface area (Å²) in [6, 6.07) is 8.45. The Labute approximate surface area is 97.1 Å². The molecule has 0 saturated carbocycles. The second-order valence-corrected chi connectivity index (χ2v) is 4.03. The Kier molecular flexibility index (Phi) is 5.44. The van der Waals surface area contributed by atoms with Crippen LogP contribution in [-0.2, 0) is 0 Å². The first-order valence-corrected chi connectivity index (χ1v) is 5.75. The van der Waals surface area contributed by atoms with Crippen LogP contribution >= 0.6 is 11.6 Å². The molecule has 1 N–H and O–H groups in total. The van der Waals surface area contributed by atoms with Gasteiger partial charge in [0.05, 0.1) is 0 Å². The average Bonchev–Trinajstić information content (AvgIpc) is 2.25. The van der Waals surface area contributed by atoms with Crippen LogP contribution in [0.25, 0.3) is 0 Å². The Hall–Kier alpha value is -0.790. The van der Waals surface area contributed by atoms with Gasteiger partial charge in [-0.25, -0.2) is 0 Å². The molecule has 82 valence electrons. The van der Waals surface area contributed by atoms with Crippen molar-refractivity contribution in [2.24, 2.45) is 0 Å². The van der Waals surface area contributed by atoms with Gasteiger partial charge in [-0.05, 0) is 24.1 Å². The lowest BCUT2D eigenvalue weighted by molar-refractivity contribution is 0.521. The summed E-state index contributed by atoms with van der Waals surface area (Å²) in [6.45, 7) is 6.75. The summed E-state index contributed by atoms with van der Waals surface area (Å²) in [5.74, 6) is 0. The topological polar surface area (TPSA) is 12.0 Å². The van der Waals surface area contributed by atoms with E-state index in [0.29, 0.717) is 6.04 Å². The second-order valence-electron chi connectivity index (χ2n) is 3.59. The van der Waals surface area contributed by atoms with Crippen molar-refractivity contribution < 1.29 is 0 Å². The Morgan fingerprint density at radius 2 is 2.07 bits per heavy atom. The third-order valence-corrected chi connectivity index (χ3v) is 2.61. The van der Waals surface area contributed by atoms with Gasteiger partial charge in [-0.2, -0.15) is 0 Å². The third kappa shape index (κ3) is 4.06. The molecule has 1 aromatic carbocycles. The van der Waals surface area contributed by atoms with Crippen LogP contribution in [0.1, 0.15) is 31.4 Å². The summed E-state index contributed by atoms with van der Waals surface area (Å²) in [5, 5.41) is 4.23. The molecule has 0 bridgehead atoms. The summed E-state index contributed by atoms with van der Waals surface area (Å²) in [7, 11) is 0. The summed E-state index contributed by atoms with van der Waals surface area (Å²) in [5.41, 5.74) is 1.29. The highest BCUT2D eigenvalue weighted by molar-refractivity contribution is 6.30. The van der Waals surface area contributed by atoms with Crippen LogP contribution in [0.15, 0.2) is 36.9 Å². The first-order chi connectivity index (χ1) is 7.27. The predicted molar refractivity (Wildman–Crippen MR) is 67.3 cm³/mol. The quantitative estimate of drug-likeness (QED) is 0.720. The smallest absolute Gasteiger partial charge is 0.0406 e. The SMILES string of the molecule is C=CCNC(CCC)c1ccc(Cl)cc1. The largest absolute Gasteiger partial charge is 0.306 e. The van der Waals surface area contributed by atoms with Gasteiger partial charge >= 0.3 is 0 Å². The number of rotatable bonds is 6. The van der Waals surface area contributed by atoms with Gasteiger partial charge in [0.2, 0.25) is 0 Å². The lowest BCUT2D eigenvalue weighted by atomic mass is 10.0. The lowest BCUT2D eigenvalue weighted by Crippen LogP contribution is -2.21. The summed E-state index contributed by atoms with van der Waals surface area (Å²) in [4.78, 5) is 0. The summed E-state index contributed by atoms with van der Waals surface area (Å²) >= 11 is 5.86. The lowest BCUT2D eigenvalue weighted by Gasteiger charge is -2.17. The molecule has 0 radical (unpaired) electrons. The second kappa shape index (κ2) is 6.65. The Bertz CT molecular complexity index is 292. The molecule has 0 spiro atoms. The fraction of sp³-hybridized carbons (Fsp3) is 0.385. The van der Waals surface area contributed by atoms with Crippen LogP contribution in [0.4, 0.5) is 0 Å². The summed E-state index contributed by atoms with van der Waals surface area (Å²) in [6.07, 6.45) is 4.19. The number of halogens is 1. The van der Waals surface area contributed by atoms with E-state index in [2.05, 4.69) is 31.0 Å². The highest BCUT2D eigenvalue weighted by atomic mass is 35.5. The van der Waals surface area contributed by atoms with Crippen molar-refractivity contribution in [1.82, 2.24) is 5.32 Å². The van der Waals surface area contributed by atoms with Crippen molar-refractivity contribution in [1.29, 1.82) is 0 Å². The summed E-state index contributed by atoms with van der Waals surface area (Å²) < 4.78 is 0. The Balaban J connectivity index is 2.69. The average molecular weight is 224 g/mol. The zero-order valence-electron chi connectivity index (χ0n) is 9.17. The third-order valence-electron chi connectivity index (χ3n) is 2.36. The highest BCUT2D eigenvalue weighted by Gasteiger charge is 2.08. The normalized spacial score (nSPS) is 12.4. The fourth-order valence-electron chi connectivity index (χ4n) is 1.60. The van der Waals surface area contributed by atoms with Gasteiger partial charge in [0, 0.05) is 17.6 Å². The fourth-order valence-corrected chi connectivity index (χ4v) is 1.72. The van der Waals surface area contributed by atoms with Gasteiger partial charge in [0.1, 0.15) is 0 Å². The van der Waals surface area contributed by atoms with Gasteiger partial charge in [-0.15, -0.1) is 6.58 Å². The van der Waals surface area contributed by atoms with Crippen molar-refractivity contribution in [3.8, 4) is 0 Å². The molecule has 1 unspecified atom stereocenters. The van der Waals surface area contributed by atoms with Crippen molar-refractivity contribution in [2.75, 3.05) is 6.54 Å². The minimum Gasteiger partial charge on any atom is -0.306 e. The number of hydrogen-bond acceptors (Lipinski definition) is 1. The molecule has 1 nitrogen and oxygen atoms in total. The molecule has 1 aromatic rings. The minimum absolute atomic E-state index is 0.408. The number of hydrogen-bond donors (Lipinski definition) is 1. The maximum atomic E-state index is 5.86. The van der Waals surface area contributed by atoms with Crippen molar-refractivity contribution in [2.45, 2.75) is 25.8 Å². The van der Waals surface area contributed by atoms with E-state index in [4.69, 9.17) is 11.6 Å². The zero-order valence-corrected chi connectivity index (χ0v) is 9.93. The van der Waals surface area contributed by atoms with Crippen molar-refractivity contribution in [3.63, 3.8) is 0 Å². The number of benzene rings is 1.